The Bertz CT molecular complexity index is 343. The van der Waals surface area contributed by atoms with Crippen molar-refractivity contribution in [2.45, 2.75) is 33.1 Å². The summed E-state index contributed by atoms with van der Waals surface area (Å²) in [6, 6.07) is 1.87. The van der Waals surface area contributed by atoms with Crippen LogP contribution in [0.1, 0.15) is 32.0 Å². The van der Waals surface area contributed by atoms with Crippen LogP contribution in [0.25, 0.3) is 0 Å². The molecule has 0 spiro atoms. The zero-order chi connectivity index (χ0) is 11.5. The molecule has 88 valence electrons. The summed E-state index contributed by atoms with van der Waals surface area (Å²) >= 11 is 5.97. The van der Waals surface area contributed by atoms with Gasteiger partial charge in [0, 0.05) is 19.2 Å². The highest BCUT2D eigenvalue weighted by atomic mass is 35.5. The Hall–Kier alpha value is -0.830. The van der Waals surface area contributed by atoms with Crippen LogP contribution >= 0.6 is 11.6 Å². The van der Waals surface area contributed by atoms with Gasteiger partial charge in [-0.3, -0.25) is 0 Å². The van der Waals surface area contributed by atoms with Crippen molar-refractivity contribution in [1.82, 2.24) is 9.97 Å². The normalized spacial score (nSPS) is 15.2. The third-order valence-electron chi connectivity index (χ3n) is 2.79. The number of aryl methyl sites for hydroxylation is 1. The molecule has 1 saturated carbocycles. The summed E-state index contributed by atoms with van der Waals surface area (Å²) in [5.41, 5.74) is 0. The smallest absolute Gasteiger partial charge is 0.134 e. The summed E-state index contributed by atoms with van der Waals surface area (Å²) in [7, 11) is 0. The Morgan fingerprint density at radius 2 is 2.19 bits per heavy atom. The summed E-state index contributed by atoms with van der Waals surface area (Å²) < 4.78 is 0. The molecule has 2 rings (SSSR count). The monoisotopic (exact) mass is 239 g/mol. The van der Waals surface area contributed by atoms with E-state index in [4.69, 9.17) is 11.6 Å². The van der Waals surface area contributed by atoms with Crippen LogP contribution in [-0.4, -0.2) is 23.1 Å². The maximum Gasteiger partial charge on any atom is 0.134 e. The number of nitrogens with zero attached hydrogens (tertiary/aromatic N) is 3. The van der Waals surface area contributed by atoms with Crippen LogP contribution in [0.15, 0.2) is 6.07 Å². The van der Waals surface area contributed by atoms with Gasteiger partial charge in [-0.2, -0.15) is 0 Å². The van der Waals surface area contributed by atoms with Gasteiger partial charge in [-0.1, -0.05) is 18.5 Å². The van der Waals surface area contributed by atoms with Gasteiger partial charge < -0.3 is 4.90 Å². The second kappa shape index (κ2) is 5.00. The fourth-order valence-corrected chi connectivity index (χ4v) is 2.08. The lowest BCUT2D eigenvalue weighted by Crippen LogP contribution is -2.27. The van der Waals surface area contributed by atoms with E-state index in [0.29, 0.717) is 5.15 Å². The van der Waals surface area contributed by atoms with Gasteiger partial charge in [0.05, 0.1) is 0 Å². The fraction of sp³-hybridized carbons (Fsp3) is 0.667. The number of hydrogen-bond donors (Lipinski definition) is 0. The molecule has 0 unspecified atom stereocenters. The lowest BCUT2D eigenvalue weighted by molar-refractivity contribution is 0.696. The van der Waals surface area contributed by atoms with Crippen LogP contribution in [0.3, 0.4) is 0 Å². The van der Waals surface area contributed by atoms with E-state index in [0.717, 1.165) is 37.1 Å². The predicted molar refractivity (Wildman–Crippen MR) is 67.0 cm³/mol. The van der Waals surface area contributed by atoms with Crippen molar-refractivity contribution in [1.29, 1.82) is 0 Å². The first kappa shape index (κ1) is 11.6. The summed E-state index contributed by atoms with van der Waals surface area (Å²) in [5, 5.41) is 0.541. The van der Waals surface area contributed by atoms with Crippen LogP contribution in [0.5, 0.6) is 0 Å². The van der Waals surface area contributed by atoms with Gasteiger partial charge in [-0.25, -0.2) is 9.97 Å². The van der Waals surface area contributed by atoms with Crippen molar-refractivity contribution in [3.63, 3.8) is 0 Å². The second-order valence-corrected chi connectivity index (χ2v) is 4.87. The van der Waals surface area contributed by atoms with Crippen molar-refractivity contribution in [2.24, 2.45) is 5.92 Å². The van der Waals surface area contributed by atoms with E-state index < -0.39 is 0 Å². The fourth-order valence-electron chi connectivity index (χ4n) is 1.86. The molecule has 0 bridgehead atoms. The standard InChI is InChI=1S/C12H18ClN3/c1-3-6-16(8-10-4-5-10)12-7-11(13)14-9(2)15-12/h7,10H,3-6,8H2,1-2H3. The largest absolute Gasteiger partial charge is 0.356 e. The van der Waals surface area contributed by atoms with Crippen LogP contribution in [0.4, 0.5) is 5.82 Å². The first-order valence-corrected chi connectivity index (χ1v) is 6.33. The maximum atomic E-state index is 5.97. The molecule has 0 radical (unpaired) electrons. The Morgan fingerprint density at radius 3 is 2.75 bits per heavy atom. The molecule has 0 aromatic carbocycles. The third-order valence-corrected chi connectivity index (χ3v) is 2.98. The first-order valence-electron chi connectivity index (χ1n) is 5.95. The predicted octanol–water partition coefficient (Wildman–Crippen LogP) is 3.06. The highest BCUT2D eigenvalue weighted by Gasteiger charge is 2.24. The topological polar surface area (TPSA) is 29.0 Å². The van der Waals surface area contributed by atoms with E-state index in [9.17, 15) is 0 Å². The van der Waals surface area contributed by atoms with E-state index >= 15 is 0 Å². The van der Waals surface area contributed by atoms with Crippen LogP contribution < -0.4 is 4.90 Å². The van der Waals surface area contributed by atoms with E-state index in [1.54, 1.807) is 0 Å². The van der Waals surface area contributed by atoms with Gasteiger partial charge in [0.25, 0.3) is 0 Å². The summed E-state index contributed by atoms with van der Waals surface area (Å²) in [5.74, 6) is 2.59. The molecule has 1 aromatic rings. The molecule has 1 aliphatic carbocycles. The van der Waals surface area contributed by atoms with Crippen LogP contribution in [0, 0.1) is 12.8 Å². The van der Waals surface area contributed by atoms with Gasteiger partial charge in [0.15, 0.2) is 0 Å². The van der Waals surface area contributed by atoms with E-state index in [2.05, 4.69) is 21.8 Å². The summed E-state index contributed by atoms with van der Waals surface area (Å²) in [6.07, 6.45) is 3.85. The zero-order valence-electron chi connectivity index (χ0n) is 9.91. The minimum Gasteiger partial charge on any atom is -0.356 e. The van der Waals surface area contributed by atoms with Gasteiger partial charge in [-0.05, 0) is 32.1 Å². The molecule has 16 heavy (non-hydrogen) atoms. The molecule has 4 heteroatoms. The van der Waals surface area contributed by atoms with Crippen LogP contribution in [-0.2, 0) is 0 Å². The molecule has 3 nitrogen and oxygen atoms in total. The lowest BCUT2D eigenvalue weighted by atomic mass is 10.3. The van der Waals surface area contributed by atoms with Crippen molar-refractivity contribution in [2.75, 3.05) is 18.0 Å². The molecule has 0 atom stereocenters. The number of anilines is 1. The summed E-state index contributed by atoms with van der Waals surface area (Å²) in [4.78, 5) is 10.9. The van der Waals surface area contributed by atoms with Gasteiger partial charge in [0.1, 0.15) is 16.8 Å². The molecule has 0 saturated heterocycles. The second-order valence-electron chi connectivity index (χ2n) is 4.49. The Labute approximate surface area is 102 Å². The first-order chi connectivity index (χ1) is 7.69. The highest BCUT2D eigenvalue weighted by Crippen LogP contribution is 2.31. The average Bonchev–Trinajstić information content (AvgIpc) is 2.99. The molecule has 1 aromatic heterocycles. The Balaban J connectivity index is 2.15. The third kappa shape index (κ3) is 3.08. The van der Waals surface area contributed by atoms with Gasteiger partial charge >= 0.3 is 0 Å². The van der Waals surface area contributed by atoms with Gasteiger partial charge in [-0.15, -0.1) is 0 Å². The quantitative estimate of drug-likeness (QED) is 0.740. The molecule has 1 aliphatic rings. The molecule has 1 fully saturated rings. The number of rotatable bonds is 5. The summed E-state index contributed by atoms with van der Waals surface area (Å²) in [6.45, 7) is 6.23. The Morgan fingerprint density at radius 1 is 1.44 bits per heavy atom. The minimum atomic E-state index is 0.541. The maximum absolute atomic E-state index is 5.97. The molecule has 0 aliphatic heterocycles. The van der Waals surface area contributed by atoms with Crippen molar-refractivity contribution in [3.8, 4) is 0 Å². The van der Waals surface area contributed by atoms with E-state index in [1.165, 1.54) is 12.8 Å². The van der Waals surface area contributed by atoms with E-state index in [1.807, 2.05) is 13.0 Å². The highest BCUT2D eigenvalue weighted by molar-refractivity contribution is 6.29. The average molecular weight is 240 g/mol. The van der Waals surface area contributed by atoms with E-state index in [-0.39, 0.29) is 0 Å². The lowest BCUT2D eigenvalue weighted by Gasteiger charge is -2.23. The van der Waals surface area contributed by atoms with Crippen molar-refractivity contribution in [3.05, 3.63) is 17.0 Å². The Kier molecular flexibility index (Phi) is 3.64. The van der Waals surface area contributed by atoms with Crippen molar-refractivity contribution >= 4 is 17.4 Å². The zero-order valence-corrected chi connectivity index (χ0v) is 10.7. The van der Waals surface area contributed by atoms with Gasteiger partial charge in [0.2, 0.25) is 0 Å². The molecular formula is C12H18ClN3. The minimum absolute atomic E-state index is 0.541. The van der Waals surface area contributed by atoms with Crippen LogP contribution in [0.2, 0.25) is 5.15 Å². The number of hydrogen-bond acceptors (Lipinski definition) is 3. The number of aromatic nitrogens is 2. The SMILES string of the molecule is CCCN(CC1CC1)c1cc(Cl)nc(C)n1. The molecule has 0 amide bonds. The molecular weight excluding hydrogens is 222 g/mol. The number of halogens is 1. The molecule has 0 N–H and O–H groups in total. The van der Waals surface area contributed by atoms with Crippen molar-refractivity contribution < 1.29 is 0 Å². The molecule has 1 heterocycles.